The van der Waals surface area contributed by atoms with Crippen molar-refractivity contribution in [3.63, 3.8) is 0 Å². The predicted molar refractivity (Wildman–Crippen MR) is 64.1 cm³/mol. The topological polar surface area (TPSA) is 33.3 Å². The highest BCUT2D eigenvalue weighted by molar-refractivity contribution is 4.94. The number of hydrogen-bond donors (Lipinski definition) is 2. The van der Waals surface area contributed by atoms with Gasteiger partial charge < -0.3 is 15.4 Å². The maximum atomic E-state index is 4.97. The largest absolute Gasteiger partial charge is 0.383 e. The van der Waals surface area contributed by atoms with Crippen LogP contribution < -0.4 is 10.6 Å². The van der Waals surface area contributed by atoms with Gasteiger partial charge in [-0.25, -0.2) is 0 Å². The van der Waals surface area contributed by atoms with Gasteiger partial charge in [-0.2, -0.15) is 0 Å². The van der Waals surface area contributed by atoms with E-state index in [0.29, 0.717) is 6.04 Å². The van der Waals surface area contributed by atoms with Crippen molar-refractivity contribution in [2.24, 2.45) is 5.92 Å². The second-order valence-electron chi connectivity index (χ2n) is 4.32. The van der Waals surface area contributed by atoms with Gasteiger partial charge in [0.2, 0.25) is 0 Å². The van der Waals surface area contributed by atoms with Crippen molar-refractivity contribution in [3.05, 3.63) is 12.2 Å². The summed E-state index contributed by atoms with van der Waals surface area (Å²) < 4.78 is 4.97. The van der Waals surface area contributed by atoms with E-state index in [2.05, 4.69) is 29.7 Å². The molecule has 1 unspecified atom stereocenters. The molecule has 15 heavy (non-hydrogen) atoms. The van der Waals surface area contributed by atoms with Crippen LogP contribution in [-0.2, 0) is 4.74 Å². The summed E-state index contributed by atoms with van der Waals surface area (Å²) in [6.07, 6.45) is 7.06. The molecule has 1 rings (SSSR count). The fraction of sp³-hybridized carbons (Fsp3) is 0.833. The lowest BCUT2D eigenvalue weighted by atomic mass is 10.1. The third kappa shape index (κ3) is 5.92. The van der Waals surface area contributed by atoms with Crippen LogP contribution in [0.3, 0.4) is 0 Å². The molecule has 2 N–H and O–H groups in total. The molecule has 1 aliphatic rings. The summed E-state index contributed by atoms with van der Waals surface area (Å²) in [5.41, 5.74) is 0. The number of hydrogen-bond acceptors (Lipinski definition) is 3. The minimum absolute atomic E-state index is 0.544. The molecule has 0 fully saturated rings. The zero-order valence-corrected chi connectivity index (χ0v) is 9.96. The van der Waals surface area contributed by atoms with E-state index in [9.17, 15) is 0 Å². The van der Waals surface area contributed by atoms with E-state index in [-0.39, 0.29) is 0 Å². The molecule has 0 radical (unpaired) electrons. The highest BCUT2D eigenvalue weighted by Gasteiger charge is 2.10. The SMILES string of the molecule is COCCNCC(C)NCC1CC=CC1. The molecule has 88 valence electrons. The van der Waals surface area contributed by atoms with Gasteiger partial charge in [0.1, 0.15) is 0 Å². The van der Waals surface area contributed by atoms with Crippen LogP contribution in [0.25, 0.3) is 0 Å². The smallest absolute Gasteiger partial charge is 0.0587 e. The Labute approximate surface area is 93.3 Å². The Kier molecular flexibility index (Phi) is 6.64. The maximum absolute atomic E-state index is 4.97. The van der Waals surface area contributed by atoms with Crippen LogP contribution in [0.5, 0.6) is 0 Å². The van der Waals surface area contributed by atoms with Gasteiger partial charge in [0.15, 0.2) is 0 Å². The van der Waals surface area contributed by atoms with Gasteiger partial charge in [-0.3, -0.25) is 0 Å². The Morgan fingerprint density at radius 3 is 2.80 bits per heavy atom. The van der Waals surface area contributed by atoms with Gasteiger partial charge >= 0.3 is 0 Å². The molecule has 0 bridgehead atoms. The van der Waals surface area contributed by atoms with Crippen LogP contribution in [0.15, 0.2) is 12.2 Å². The maximum Gasteiger partial charge on any atom is 0.0587 e. The van der Waals surface area contributed by atoms with Gasteiger partial charge in [0.25, 0.3) is 0 Å². The standard InChI is InChI=1S/C12H24N2O/c1-11(9-13-7-8-15-2)14-10-12-5-3-4-6-12/h3-4,11-14H,5-10H2,1-2H3. The Morgan fingerprint density at radius 2 is 2.13 bits per heavy atom. The van der Waals surface area contributed by atoms with Crippen LogP contribution >= 0.6 is 0 Å². The zero-order chi connectivity index (χ0) is 10.9. The quantitative estimate of drug-likeness (QED) is 0.468. The molecule has 0 saturated heterocycles. The lowest BCUT2D eigenvalue weighted by Crippen LogP contribution is -2.39. The van der Waals surface area contributed by atoms with Crippen LogP contribution in [0.1, 0.15) is 19.8 Å². The third-order valence-corrected chi connectivity index (χ3v) is 2.79. The van der Waals surface area contributed by atoms with E-state index in [1.165, 1.54) is 12.8 Å². The molecule has 0 aromatic rings. The summed E-state index contributed by atoms with van der Waals surface area (Å²) in [5, 5.41) is 6.92. The molecule has 1 atom stereocenters. The first-order valence-corrected chi connectivity index (χ1v) is 5.91. The fourth-order valence-electron chi connectivity index (χ4n) is 1.77. The number of allylic oxidation sites excluding steroid dienone is 2. The molecular weight excluding hydrogens is 188 g/mol. The number of methoxy groups -OCH3 is 1. The minimum Gasteiger partial charge on any atom is -0.383 e. The summed E-state index contributed by atoms with van der Waals surface area (Å²) in [6, 6.07) is 0.544. The summed E-state index contributed by atoms with van der Waals surface area (Å²) in [7, 11) is 1.73. The minimum atomic E-state index is 0.544. The first-order chi connectivity index (χ1) is 7.33. The van der Waals surface area contributed by atoms with Crippen molar-refractivity contribution in [1.29, 1.82) is 0 Å². The fourth-order valence-corrected chi connectivity index (χ4v) is 1.77. The molecule has 0 aromatic carbocycles. The lowest BCUT2D eigenvalue weighted by Gasteiger charge is -2.17. The van der Waals surface area contributed by atoms with Crippen molar-refractivity contribution >= 4 is 0 Å². The number of ether oxygens (including phenoxy) is 1. The normalized spacial score (nSPS) is 18.5. The average molecular weight is 212 g/mol. The molecule has 0 aliphatic heterocycles. The second-order valence-corrected chi connectivity index (χ2v) is 4.32. The Balaban J connectivity index is 1.91. The Hall–Kier alpha value is -0.380. The van der Waals surface area contributed by atoms with Crippen molar-refractivity contribution in [1.82, 2.24) is 10.6 Å². The van der Waals surface area contributed by atoms with Crippen LogP contribution in [-0.4, -0.2) is 39.4 Å². The molecule has 0 heterocycles. The molecule has 0 saturated carbocycles. The average Bonchev–Trinajstić information content (AvgIpc) is 2.74. The molecule has 1 aliphatic carbocycles. The summed E-state index contributed by atoms with van der Waals surface area (Å²) in [4.78, 5) is 0. The van der Waals surface area contributed by atoms with Crippen molar-refractivity contribution < 1.29 is 4.74 Å². The zero-order valence-electron chi connectivity index (χ0n) is 9.96. The van der Waals surface area contributed by atoms with Gasteiger partial charge in [-0.05, 0) is 32.2 Å². The van der Waals surface area contributed by atoms with Gasteiger partial charge in [0, 0.05) is 26.2 Å². The Bertz CT molecular complexity index is 174. The lowest BCUT2D eigenvalue weighted by molar-refractivity contribution is 0.198. The predicted octanol–water partition coefficient (Wildman–Crippen LogP) is 1.17. The molecule has 0 aromatic heterocycles. The van der Waals surface area contributed by atoms with Gasteiger partial charge in [-0.1, -0.05) is 12.2 Å². The van der Waals surface area contributed by atoms with E-state index >= 15 is 0 Å². The Morgan fingerprint density at radius 1 is 1.40 bits per heavy atom. The van der Waals surface area contributed by atoms with Gasteiger partial charge in [0.05, 0.1) is 6.61 Å². The second kappa shape index (κ2) is 7.85. The molecule has 3 nitrogen and oxygen atoms in total. The van der Waals surface area contributed by atoms with Crippen molar-refractivity contribution in [2.75, 3.05) is 33.4 Å². The van der Waals surface area contributed by atoms with Crippen molar-refractivity contribution in [3.8, 4) is 0 Å². The first-order valence-electron chi connectivity index (χ1n) is 5.91. The summed E-state index contributed by atoms with van der Waals surface area (Å²) in [6.45, 7) is 6.11. The highest BCUT2D eigenvalue weighted by atomic mass is 16.5. The molecule has 0 spiro atoms. The van der Waals surface area contributed by atoms with Crippen LogP contribution in [0.2, 0.25) is 0 Å². The number of rotatable bonds is 8. The van der Waals surface area contributed by atoms with E-state index < -0.39 is 0 Å². The molecule has 0 amide bonds. The highest BCUT2D eigenvalue weighted by Crippen LogP contribution is 2.16. The first kappa shape index (κ1) is 12.7. The van der Waals surface area contributed by atoms with Crippen LogP contribution in [0, 0.1) is 5.92 Å². The monoisotopic (exact) mass is 212 g/mol. The van der Waals surface area contributed by atoms with Crippen LogP contribution in [0.4, 0.5) is 0 Å². The molecular formula is C12H24N2O. The van der Waals surface area contributed by atoms with Crippen molar-refractivity contribution in [2.45, 2.75) is 25.8 Å². The molecule has 3 heteroatoms. The van der Waals surface area contributed by atoms with E-state index in [4.69, 9.17) is 4.74 Å². The number of nitrogens with one attached hydrogen (secondary N) is 2. The van der Waals surface area contributed by atoms with E-state index in [0.717, 1.165) is 32.2 Å². The summed E-state index contributed by atoms with van der Waals surface area (Å²) >= 11 is 0. The third-order valence-electron chi connectivity index (χ3n) is 2.79. The van der Waals surface area contributed by atoms with E-state index in [1.54, 1.807) is 7.11 Å². The van der Waals surface area contributed by atoms with E-state index in [1.807, 2.05) is 0 Å². The summed E-state index contributed by atoms with van der Waals surface area (Å²) in [5.74, 6) is 0.825. The van der Waals surface area contributed by atoms with Gasteiger partial charge in [-0.15, -0.1) is 0 Å².